The maximum absolute atomic E-state index is 4.82. The number of hydrogen-bond donors (Lipinski definition) is 0. The highest BCUT2D eigenvalue weighted by molar-refractivity contribution is 5.74. The lowest BCUT2D eigenvalue weighted by molar-refractivity contribution is 1.08. The minimum Gasteiger partial charge on any atom is -0.282 e. The topological polar surface area (TPSA) is 42.0 Å². The summed E-state index contributed by atoms with van der Waals surface area (Å²) in [4.78, 5) is 4.82. The van der Waals surface area contributed by atoms with Crippen LogP contribution in [0, 0.1) is 27.7 Å². The normalized spacial score (nSPS) is 11.6. The Morgan fingerprint density at radius 1 is 0.741 bits per heavy atom. The second kappa shape index (κ2) is 6.80. The van der Waals surface area contributed by atoms with Gasteiger partial charge >= 0.3 is 0 Å². The number of pyridine rings is 1. The van der Waals surface area contributed by atoms with Crippen LogP contribution >= 0.6 is 0 Å². The monoisotopic (exact) mass is 354 g/mol. The van der Waals surface area contributed by atoms with E-state index in [1.54, 1.807) is 0 Å². The lowest BCUT2D eigenvalue weighted by Gasteiger charge is -2.04. The van der Waals surface area contributed by atoms with Crippen LogP contribution in [0.4, 0.5) is 11.5 Å². The third kappa shape index (κ3) is 3.26. The molecule has 0 radical (unpaired) electrons. The molecule has 0 aliphatic rings. The number of aromatic nitrogens is 2. The first-order chi connectivity index (χ1) is 13.0. The first-order valence-electron chi connectivity index (χ1n) is 9.06. The molecule has 0 N–H and O–H groups in total. The van der Waals surface area contributed by atoms with Gasteiger partial charge in [0.2, 0.25) is 0 Å². The van der Waals surface area contributed by atoms with Gasteiger partial charge in [0, 0.05) is 11.8 Å². The average molecular weight is 354 g/mol. The molecule has 0 amide bonds. The highest BCUT2D eigenvalue weighted by Crippen LogP contribution is 2.33. The number of benzene rings is 2. The second-order valence-electron chi connectivity index (χ2n) is 7.03. The van der Waals surface area contributed by atoms with Gasteiger partial charge in [-0.25, -0.2) is 4.98 Å². The molecule has 2 heterocycles. The van der Waals surface area contributed by atoms with Crippen molar-refractivity contribution in [1.82, 2.24) is 9.38 Å². The van der Waals surface area contributed by atoms with E-state index in [9.17, 15) is 0 Å². The second-order valence-corrected chi connectivity index (χ2v) is 7.03. The predicted octanol–water partition coefficient (Wildman–Crippen LogP) is 6.65. The fourth-order valence-electron chi connectivity index (χ4n) is 3.20. The Labute approximate surface area is 159 Å². The number of nitrogens with zero attached hydrogens (tertiary/aromatic N) is 4. The summed E-state index contributed by atoms with van der Waals surface area (Å²) in [6.07, 6.45) is 2.05. The SMILES string of the molecule is Cc1ccc(-c2nc3ccc(C)cn3c2N=Nc2c(C)cccc2C)cc1. The maximum Gasteiger partial charge on any atom is 0.187 e. The highest BCUT2D eigenvalue weighted by Gasteiger charge is 2.14. The first-order valence-corrected chi connectivity index (χ1v) is 9.06. The fourth-order valence-corrected chi connectivity index (χ4v) is 3.20. The van der Waals surface area contributed by atoms with Crippen molar-refractivity contribution in [3.8, 4) is 11.3 Å². The molecule has 134 valence electrons. The van der Waals surface area contributed by atoms with Crippen molar-refractivity contribution in [2.75, 3.05) is 0 Å². The van der Waals surface area contributed by atoms with Gasteiger partial charge in [0.15, 0.2) is 5.82 Å². The molecule has 4 heteroatoms. The zero-order chi connectivity index (χ0) is 19.0. The Morgan fingerprint density at radius 3 is 2.11 bits per heavy atom. The summed E-state index contributed by atoms with van der Waals surface area (Å²) in [5, 5.41) is 9.25. The van der Waals surface area contributed by atoms with Crippen LogP contribution in [0.1, 0.15) is 22.3 Å². The molecule has 0 spiro atoms. The molecule has 4 aromatic rings. The molecule has 0 aliphatic carbocycles. The molecular formula is C23H22N4. The molecule has 0 saturated carbocycles. The fraction of sp³-hybridized carbons (Fsp3) is 0.174. The van der Waals surface area contributed by atoms with Gasteiger partial charge in [0.25, 0.3) is 0 Å². The van der Waals surface area contributed by atoms with Crippen LogP contribution in [-0.4, -0.2) is 9.38 Å². The quantitative estimate of drug-likeness (QED) is 0.380. The van der Waals surface area contributed by atoms with Gasteiger partial charge in [-0.1, -0.05) is 54.1 Å². The van der Waals surface area contributed by atoms with Crippen LogP contribution in [0.2, 0.25) is 0 Å². The molecule has 2 aromatic carbocycles. The van der Waals surface area contributed by atoms with Gasteiger partial charge in [0.05, 0.1) is 5.69 Å². The molecule has 0 atom stereocenters. The van der Waals surface area contributed by atoms with E-state index in [-0.39, 0.29) is 0 Å². The van der Waals surface area contributed by atoms with Gasteiger partial charge in [-0.2, -0.15) is 0 Å². The van der Waals surface area contributed by atoms with Crippen molar-refractivity contribution in [1.29, 1.82) is 0 Å². The number of imidazole rings is 1. The van der Waals surface area contributed by atoms with Gasteiger partial charge in [-0.3, -0.25) is 4.40 Å². The van der Waals surface area contributed by atoms with Crippen molar-refractivity contribution in [3.05, 3.63) is 83.0 Å². The number of hydrogen-bond acceptors (Lipinski definition) is 3. The van der Waals surface area contributed by atoms with Gasteiger partial charge in [-0.15, -0.1) is 10.2 Å². The van der Waals surface area contributed by atoms with Gasteiger partial charge in [0.1, 0.15) is 11.3 Å². The molecule has 0 unspecified atom stereocenters. The molecular weight excluding hydrogens is 332 g/mol. The first kappa shape index (κ1) is 17.2. The van der Waals surface area contributed by atoms with Gasteiger partial charge < -0.3 is 0 Å². The van der Waals surface area contributed by atoms with Crippen molar-refractivity contribution in [3.63, 3.8) is 0 Å². The molecule has 27 heavy (non-hydrogen) atoms. The number of aryl methyl sites for hydroxylation is 4. The summed E-state index contributed by atoms with van der Waals surface area (Å²) in [5.41, 5.74) is 8.26. The standard InChI is InChI=1S/C23H22N4/c1-15-8-11-19(12-9-15)22-23(27-14-16(2)10-13-20(27)24-22)26-25-21-17(3)6-5-7-18(21)4/h5-14H,1-4H3. The van der Waals surface area contributed by atoms with E-state index in [0.29, 0.717) is 0 Å². The van der Waals surface area contributed by atoms with E-state index in [1.165, 1.54) is 5.56 Å². The minimum atomic E-state index is 0.750. The van der Waals surface area contributed by atoms with E-state index in [1.807, 2.05) is 16.5 Å². The van der Waals surface area contributed by atoms with E-state index in [0.717, 1.165) is 45.1 Å². The molecule has 0 fully saturated rings. The van der Waals surface area contributed by atoms with Crippen molar-refractivity contribution in [2.45, 2.75) is 27.7 Å². The molecule has 0 bridgehead atoms. The zero-order valence-electron chi connectivity index (χ0n) is 16.1. The number of azo groups is 1. The van der Waals surface area contributed by atoms with Crippen LogP contribution in [-0.2, 0) is 0 Å². The minimum absolute atomic E-state index is 0.750. The number of fused-ring (bicyclic) bond motifs is 1. The van der Waals surface area contributed by atoms with E-state index >= 15 is 0 Å². The third-order valence-corrected chi connectivity index (χ3v) is 4.75. The summed E-state index contributed by atoms with van der Waals surface area (Å²) in [5.74, 6) is 0.750. The van der Waals surface area contributed by atoms with Crippen LogP contribution in [0.25, 0.3) is 16.9 Å². The average Bonchev–Trinajstić information content (AvgIpc) is 3.00. The Hall–Kier alpha value is -3.27. The number of rotatable bonds is 3. The molecule has 2 aromatic heterocycles. The Morgan fingerprint density at radius 2 is 1.41 bits per heavy atom. The largest absolute Gasteiger partial charge is 0.282 e. The van der Waals surface area contributed by atoms with Crippen molar-refractivity contribution >= 4 is 17.2 Å². The Balaban J connectivity index is 1.92. The molecule has 4 rings (SSSR count). The molecule has 4 nitrogen and oxygen atoms in total. The molecule has 0 aliphatic heterocycles. The van der Waals surface area contributed by atoms with Crippen LogP contribution in [0.5, 0.6) is 0 Å². The molecule has 0 saturated heterocycles. The van der Waals surface area contributed by atoms with E-state index in [4.69, 9.17) is 4.98 Å². The van der Waals surface area contributed by atoms with Crippen LogP contribution in [0.3, 0.4) is 0 Å². The van der Waals surface area contributed by atoms with Crippen LogP contribution in [0.15, 0.2) is 71.0 Å². The van der Waals surface area contributed by atoms with Gasteiger partial charge in [-0.05, 0) is 50.5 Å². The summed E-state index contributed by atoms with van der Waals surface area (Å²) < 4.78 is 2.02. The van der Waals surface area contributed by atoms with Crippen molar-refractivity contribution in [2.24, 2.45) is 10.2 Å². The predicted molar refractivity (Wildman–Crippen MR) is 110 cm³/mol. The Bertz CT molecular complexity index is 1130. The summed E-state index contributed by atoms with van der Waals surface area (Å²) in [6.45, 7) is 8.26. The Kier molecular flexibility index (Phi) is 4.32. The smallest absolute Gasteiger partial charge is 0.187 e. The summed E-state index contributed by atoms with van der Waals surface area (Å²) in [7, 11) is 0. The van der Waals surface area contributed by atoms with Crippen LogP contribution < -0.4 is 0 Å². The lowest BCUT2D eigenvalue weighted by Crippen LogP contribution is -1.85. The van der Waals surface area contributed by atoms with E-state index < -0.39 is 0 Å². The lowest BCUT2D eigenvalue weighted by atomic mass is 10.1. The van der Waals surface area contributed by atoms with Crippen molar-refractivity contribution < 1.29 is 0 Å². The summed E-state index contributed by atoms with van der Waals surface area (Å²) >= 11 is 0. The highest BCUT2D eigenvalue weighted by atomic mass is 15.2. The maximum atomic E-state index is 4.82. The van der Waals surface area contributed by atoms with E-state index in [2.05, 4.69) is 86.6 Å². The third-order valence-electron chi connectivity index (χ3n) is 4.75. The zero-order valence-corrected chi connectivity index (χ0v) is 16.1. The summed E-state index contributed by atoms with van der Waals surface area (Å²) in [6, 6.07) is 18.6.